The molecule has 1 aliphatic rings. The van der Waals surface area contributed by atoms with Gasteiger partial charge in [0.2, 0.25) is 0 Å². The summed E-state index contributed by atoms with van der Waals surface area (Å²) >= 11 is 0. The molecule has 0 amide bonds. The van der Waals surface area contributed by atoms with E-state index in [1.807, 2.05) is 6.07 Å². The van der Waals surface area contributed by atoms with Gasteiger partial charge in [0, 0.05) is 6.20 Å². The molecule has 0 aliphatic carbocycles. The van der Waals surface area contributed by atoms with Crippen LogP contribution in [0.25, 0.3) is 11.3 Å². The van der Waals surface area contributed by atoms with Crippen LogP contribution in [0.1, 0.15) is 31.9 Å². The van der Waals surface area contributed by atoms with Crippen LogP contribution in [-0.4, -0.2) is 28.3 Å². The predicted octanol–water partition coefficient (Wildman–Crippen LogP) is 5.84. The number of hydrogen-bond acceptors (Lipinski definition) is 5. The summed E-state index contributed by atoms with van der Waals surface area (Å²) in [6, 6.07) is 13.0. The molecule has 3 aromatic rings. The Kier molecular flexibility index (Phi) is 9.08. The molecular weight excluding hydrogens is 646 g/mol. The number of nitrogens with zero attached hydrogens (tertiary/aromatic N) is 5. The molecule has 11 heteroatoms. The van der Waals surface area contributed by atoms with E-state index < -0.39 is 23.6 Å². The first-order valence-electron chi connectivity index (χ1n) is 10.0. The van der Waals surface area contributed by atoms with E-state index in [1.54, 1.807) is 37.2 Å². The predicted molar refractivity (Wildman–Crippen MR) is 118 cm³/mol. The van der Waals surface area contributed by atoms with E-state index in [2.05, 4.69) is 48.0 Å². The molecule has 0 saturated heterocycles. The zero-order chi connectivity index (χ0) is 25.1. The van der Waals surface area contributed by atoms with Crippen LogP contribution in [0.3, 0.4) is 0 Å². The van der Waals surface area contributed by atoms with Crippen molar-refractivity contribution in [2.24, 2.45) is 5.10 Å². The zero-order valence-electron chi connectivity index (χ0n) is 19.2. The third-order valence-electron chi connectivity index (χ3n) is 4.65. The number of halogens is 5. The van der Waals surface area contributed by atoms with E-state index >= 15 is 0 Å². The van der Waals surface area contributed by atoms with E-state index in [-0.39, 0.29) is 31.1 Å². The van der Waals surface area contributed by atoms with E-state index in [1.165, 1.54) is 11.1 Å². The monoisotopic (exact) mass is 667 g/mol. The van der Waals surface area contributed by atoms with Gasteiger partial charge in [0.25, 0.3) is 0 Å². The minimum absolute atomic E-state index is 0. The van der Waals surface area contributed by atoms with E-state index in [0.29, 0.717) is 11.4 Å². The summed E-state index contributed by atoms with van der Waals surface area (Å²) in [5, 5.41) is 5.39. The number of aromatic nitrogens is 2. The summed E-state index contributed by atoms with van der Waals surface area (Å²) in [5.41, 5.74) is 1.20. The quantitative estimate of drug-likeness (QED) is 0.196. The summed E-state index contributed by atoms with van der Waals surface area (Å²) in [6.45, 7) is 7.79. The molecule has 35 heavy (non-hydrogen) atoms. The second-order valence-corrected chi connectivity index (χ2v) is 8.39. The molecular formula is C24H21F5IrN5. The van der Waals surface area contributed by atoms with Gasteiger partial charge in [-0.1, -0.05) is 49.7 Å². The number of alkyl halides is 3. The van der Waals surface area contributed by atoms with Crippen molar-refractivity contribution < 1.29 is 42.1 Å². The molecule has 0 N–H and O–H groups in total. The van der Waals surface area contributed by atoms with Crippen molar-refractivity contribution >= 4 is 12.0 Å². The zero-order valence-corrected chi connectivity index (χ0v) is 21.6. The van der Waals surface area contributed by atoms with Crippen LogP contribution in [0.4, 0.5) is 27.6 Å². The van der Waals surface area contributed by atoms with Crippen molar-refractivity contribution in [1.82, 2.24) is 14.9 Å². The van der Waals surface area contributed by atoms with Gasteiger partial charge in [-0.15, -0.1) is 18.8 Å². The van der Waals surface area contributed by atoms with Crippen molar-refractivity contribution in [3.05, 3.63) is 84.4 Å². The van der Waals surface area contributed by atoms with Crippen LogP contribution in [0.15, 0.2) is 47.7 Å². The maximum Gasteiger partial charge on any atom is 3.00 e. The van der Waals surface area contributed by atoms with Crippen molar-refractivity contribution in [2.45, 2.75) is 32.4 Å². The first kappa shape index (κ1) is 28.3. The minimum atomic E-state index is -4.33. The molecule has 0 radical (unpaired) electrons. The van der Waals surface area contributed by atoms with Gasteiger partial charge in [-0.05, 0) is 29.8 Å². The maximum absolute atomic E-state index is 13.5. The Morgan fingerprint density at radius 2 is 1.69 bits per heavy atom. The van der Waals surface area contributed by atoms with Crippen LogP contribution in [0.5, 0.6) is 0 Å². The molecule has 1 aromatic carbocycles. The number of benzene rings is 1. The summed E-state index contributed by atoms with van der Waals surface area (Å²) in [4.78, 5) is 8.90. The molecule has 0 atom stereocenters. The molecule has 2 aromatic heterocycles. The van der Waals surface area contributed by atoms with E-state index in [0.717, 1.165) is 23.8 Å². The molecule has 1 aliphatic heterocycles. The number of hydrazone groups is 1. The molecule has 0 fully saturated rings. The van der Waals surface area contributed by atoms with Crippen LogP contribution in [0.2, 0.25) is 0 Å². The van der Waals surface area contributed by atoms with Gasteiger partial charge >= 0.3 is 26.3 Å². The summed E-state index contributed by atoms with van der Waals surface area (Å²) in [5.74, 6) is -1.78. The van der Waals surface area contributed by atoms with Crippen LogP contribution in [-0.2, 0) is 31.7 Å². The van der Waals surface area contributed by atoms with Crippen LogP contribution >= 0.6 is 0 Å². The third-order valence-corrected chi connectivity index (χ3v) is 4.65. The minimum Gasteiger partial charge on any atom is -0.493 e. The fraction of sp³-hybridized carbons (Fsp3) is 0.250. The van der Waals surface area contributed by atoms with Gasteiger partial charge in [-0.25, -0.2) is 8.78 Å². The fourth-order valence-electron chi connectivity index (χ4n) is 2.82. The molecule has 0 unspecified atom stereocenters. The Morgan fingerprint density at radius 3 is 2.20 bits per heavy atom. The normalized spacial score (nSPS) is 13.3. The molecule has 0 bridgehead atoms. The van der Waals surface area contributed by atoms with Crippen molar-refractivity contribution in [3.63, 3.8) is 0 Å². The Hall–Kier alpha value is -2.91. The van der Waals surface area contributed by atoms with Gasteiger partial charge in [-0.2, -0.15) is 36.5 Å². The number of rotatable bonds is 2. The smallest absolute Gasteiger partial charge is 0.493 e. The Morgan fingerprint density at radius 1 is 0.971 bits per heavy atom. The third kappa shape index (κ3) is 7.53. The van der Waals surface area contributed by atoms with Gasteiger partial charge in [-0.3, -0.25) is 4.98 Å². The second-order valence-electron chi connectivity index (χ2n) is 8.39. The summed E-state index contributed by atoms with van der Waals surface area (Å²) in [7, 11) is 1.77. The molecule has 0 saturated carbocycles. The molecule has 186 valence electrons. The Bertz CT molecular complexity index is 1160. The first-order valence-corrected chi connectivity index (χ1v) is 10.0. The molecule has 3 heterocycles. The van der Waals surface area contributed by atoms with Gasteiger partial charge in [0.05, 0.1) is 6.34 Å². The number of pyridine rings is 2. The molecule has 0 spiro atoms. The first-order chi connectivity index (χ1) is 15.8. The van der Waals surface area contributed by atoms with E-state index in [9.17, 15) is 22.0 Å². The standard InChI is InChI=1S/C14H13F2N2.C10H8F3N3.Ir/c1-14(2,3)9-6-7-17-11(8-9)10-4-5-12(15)18-13(10)16;1-15-6-14-16(7-15)9-4-2-8(3-5-9)10(11,12)13;/h5-8H,1-3H3;2-4,6-7H,1H3;/q-1;-2;+3. The van der Waals surface area contributed by atoms with Gasteiger partial charge < -0.3 is 14.9 Å². The molecule has 5 nitrogen and oxygen atoms in total. The van der Waals surface area contributed by atoms with Crippen molar-refractivity contribution in [2.75, 3.05) is 12.1 Å². The number of anilines is 1. The summed E-state index contributed by atoms with van der Waals surface area (Å²) in [6.07, 6.45) is -1.18. The van der Waals surface area contributed by atoms with Crippen molar-refractivity contribution in [3.8, 4) is 11.3 Å². The SMILES string of the molecule is CC(C)(C)c1ccnc(-c2[c-]cc(F)nc2F)c1.CN1C=NN(c2[c-]cc(C(F)(F)F)cc2)[CH-]1.[Ir+3]. The second kappa shape index (κ2) is 11.2. The van der Waals surface area contributed by atoms with E-state index in [4.69, 9.17) is 0 Å². The van der Waals surface area contributed by atoms with Crippen LogP contribution < -0.4 is 5.01 Å². The fourth-order valence-corrected chi connectivity index (χ4v) is 2.82. The summed E-state index contributed by atoms with van der Waals surface area (Å²) < 4.78 is 63.1. The largest absolute Gasteiger partial charge is 3.00 e. The van der Waals surface area contributed by atoms with Gasteiger partial charge in [0.1, 0.15) is 11.9 Å². The van der Waals surface area contributed by atoms with Gasteiger partial charge in [0.15, 0.2) is 0 Å². The topological polar surface area (TPSA) is 44.6 Å². The van der Waals surface area contributed by atoms with Crippen molar-refractivity contribution in [1.29, 1.82) is 0 Å². The van der Waals surface area contributed by atoms with Crippen LogP contribution in [0, 0.1) is 30.7 Å². The maximum atomic E-state index is 13.5. The average Bonchev–Trinajstić information content (AvgIpc) is 3.19. The Labute approximate surface area is 214 Å². The average molecular weight is 667 g/mol. The Balaban J connectivity index is 0.000000241. The number of hydrogen-bond donors (Lipinski definition) is 0. The molecule has 4 rings (SSSR count).